The Bertz CT molecular complexity index is 559. The molecule has 1 aromatic rings. The van der Waals surface area contributed by atoms with Crippen molar-refractivity contribution in [2.75, 3.05) is 13.2 Å². The third kappa shape index (κ3) is 3.80. The molecule has 2 atom stereocenters. The van der Waals surface area contributed by atoms with Crippen molar-refractivity contribution in [2.45, 2.75) is 31.6 Å². The Morgan fingerprint density at radius 1 is 1.33 bits per heavy atom. The van der Waals surface area contributed by atoms with Crippen molar-refractivity contribution in [1.29, 1.82) is 0 Å². The van der Waals surface area contributed by atoms with Crippen LogP contribution in [-0.4, -0.2) is 22.2 Å². The molecule has 1 saturated heterocycles. The van der Waals surface area contributed by atoms with Crippen LogP contribution in [0.4, 0.5) is 8.78 Å². The summed E-state index contributed by atoms with van der Waals surface area (Å²) in [4.78, 5) is 0. The second kappa shape index (κ2) is 6.28. The van der Waals surface area contributed by atoms with Gasteiger partial charge in [-0.1, -0.05) is 11.6 Å². The van der Waals surface area contributed by atoms with E-state index in [2.05, 4.69) is 4.72 Å². The number of hydrogen-bond acceptors (Lipinski definition) is 2. The number of nitrogens with one attached hydrogen (secondary N) is 1. The third-order valence-corrected chi connectivity index (χ3v) is 5.17. The Balaban J connectivity index is 2.33. The highest BCUT2D eigenvalue weighted by Crippen LogP contribution is 2.33. The summed E-state index contributed by atoms with van der Waals surface area (Å²) in [7, 11) is -1.40. The minimum atomic E-state index is -1.40. The SMILES string of the molecule is CC(C)(C)S(=O)NC(c1cc(F)c(Cl)cc1F)C1COC1. The molecule has 21 heavy (non-hydrogen) atoms. The van der Waals surface area contributed by atoms with Gasteiger partial charge in [-0.3, -0.25) is 0 Å². The number of ether oxygens (including phenoxy) is 1. The standard InChI is InChI=1S/C14H18ClF2NO2S/c1-14(2,3)21(19)18-13(8-6-20-7-8)9-4-12(17)10(15)5-11(9)16/h4-5,8,13,18H,6-7H2,1-3H3. The molecule has 1 aromatic carbocycles. The highest BCUT2D eigenvalue weighted by molar-refractivity contribution is 7.84. The molecular weight excluding hydrogens is 320 g/mol. The second-order valence-electron chi connectivity index (χ2n) is 6.06. The van der Waals surface area contributed by atoms with Gasteiger partial charge < -0.3 is 4.74 Å². The van der Waals surface area contributed by atoms with Crippen molar-refractivity contribution in [1.82, 2.24) is 4.72 Å². The molecule has 1 aliphatic heterocycles. The van der Waals surface area contributed by atoms with E-state index in [1.54, 1.807) is 0 Å². The van der Waals surface area contributed by atoms with E-state index in [1.165, 1.54) is 0 Å². The molecule has 1 N–H and O–H groups in total. The molecule has 3 nitrogen and oxygen atoms in total. The van der Waals surface area contributed by atoms with Gasteiger partial charge in [-0.2, -0.15) is 0 Å². The van der Waals surface area contributed by atoms with Crippen molar-refractivity contribution < 1.29 is 17.7 Å². The van der Waals surface area contributed by atoms with Gasteiger partial charge in [-0.05, 0) is 32.9 Å². The van der Waals surface area contributed by atoms with Crippen molar-refractivity contribution in [2.24, 2.45) is 5.92 Å². The Morgan fingerprint density at radius 2 is 1.95 bits per heavy atom. The van der Waals surface area contributed by atoms with Crippen molar-refractivity contribution in [3.05, 3.63) is 34.4 Å². The molecule has 1 fully saturated rings. The van der Waals surface area contributed by atoms with Gasteiger partial charge >= 0.3 is 0 Å². The molecule has 1 aliphatic rings. The Labute approximate surface area is 130 Å². The zero-order valence-electron chi connectivity index (χ0n) is 12.1. The summed E-state index contributed by atoms with van der Waals surface area (Å²) >= 11 is 5.58. The van der Waals surface area contributed by atoms with Crippen LogP contribution >= 0.6 is 11.6 Å². The lowest BCUT2D eigenvalue weighted by Gasteiger charge is -2.35. The van der Waals surface area contributed by atoms with Crippen LogP contribution in [0.1, 0.15) is 32.4 Å². The monoisotopic (exact) mass is 337 g/mol. The van der Waals surface area contributed by atoms with Gasteiger partial charge in [0.05, 0.1) is 40.0 Å². The normalized spacial score (nSPS) is 19.1. The lowest BCUT2D eigenvalue weighted by atomic mass is 9.92. The van der Waals surface area contributed by atoms with Crippen LogP contribution < -0.4 is 4.72 Å². The van der Waals surface area contributed by atoms with Crippen molar-refractivity contribution in [3.8, 4) is 0 Å². The Morgan fingerprint density at radius 3 is 2.43 bits per heavy atom. The number of hydrogen-bond donors (Lipinski definition) is 1. The van der Waals surface area contributed by atoms with E-state index in [0.29, 0.717) is 13.2 Å². The van der Waals surface area contributed by atoms with Crippen LogP contribution in [0.3, 0.4) is 0 Å². The molecule has 1 heterocycles. The third-order valence-electron chi connectivity index (χ3n) is 3.30. The first-order chi connectivity index (χ1) is 9.70. The van der Waals surface area contributed by atoms with Crippen LogP contribution in [-0.2, 0) is 15.7 Å². The van der Waals surface area contributed by atoms with E-state index in [-0.39, 0.29) is 16.5 Å². The van der Waals surface area contributed by atoms with E-state index in [9.17, 15) is 13.0 Å². The smallest absolute Gasteiger partial charge is 0.142 e. The fourth-order valence-corrected chi connectivity index (χ4v) is 2.98. The van der Waals surface area contributed by atoms with Crippen LogP contribution in [0.2, 0.25) is 5.02 Å². The molecule has 118 valence electrons. The molecule has 0 spiro atoms. The quantitative estimate of drug-likeness (QED) is 0.856. The van der Waals surface area contributed by atoms with Crippen LogP contribution in [0.15, 0.2) is 12.1 Å². The van der Waals surface area contributed by atoms with Crippen LogP contribution in [0.5, 0.6) is 0 Å². The molecule has 0 bridgehead atoms. The van der Waals surface area contributed by atoms with E-state index in [0.717, 1.165) is 12.1 Å². The topological polar surface area (TPSA) is 38.3 Å². The summed E-state index contributed by atoms with van der Waals surface area (Å²) in [6.45, 7) is 6.27. The maximum absolute atomic E-state index is 14.1. The van der Waals surface area contributed by atoms with E-state index in [1.807, 2.05) is 20.8 Å². The molecule has 7 heteroatoms. The van der Waals surface area contributed by atoms with E-state index >= 15 is 0 Å². The summed E-state index contributed by atoms with van der Waals surface area (Å²) in [6.07, 6.45) is 0. The molecule has 0 amide bonds. The van der Waals surface area contributed by atoms with E-state index < -0.39 is 33.4 Å². The predicted octanol–water partition coefficient (Wildman–Crippen LogP) is 3.36. The summed E-state index contributed by atoms with van der Waals surface area (Å²) in [5, 5.41) is -0.267. The average Bonchev–Trinajstić information content (AvgIpc) is 2.29. The zero-order valence-corrected chi connectivity index (χ0v) is 13.7. The van der Waals surface area contributed by atoms with Crippen LogP contribution in [0.25, 0.3) is 0 Å². The summed E-state index contributed by atoms with van der Waals surface area (Å²) in [6, 6.07) is 1.43. The number of halogens is 3. The maximum Gasteiger partial charge on any atom is 0.142 e. The fourth-order valence-electron chi connectivity index (χ4n) is 1.93. The molecule has 0 saturated carbocycles. The zero-order chi connectivity index (χ0) is 15.8. The van der Waals surface area contributed by atoms with Crippen molar-refractivity contribution >= 4 is 22.6 Å². The minimum absolute atomic E-state index is 0.0497. The summed E-state index contributed by atoms with van der Waals surface area (Å²) < 4.78 is 47.5. The maximum atomic E-state index is 14.1. The first-order valence-electron chi connectivity index (χ1n) is 6.60. The highest BCUT2D eigenvalue weighted by atomic mass is 35.5. The lowest BCUT2D eigenvalue weighted by Crippen LogP contribution is -2.44. The largest absolute Gasteiger partial charge is 0.381 e. The van der Waals surface area contributed by atoms with Crippen molar-refractivity contribution in [3.63, 3.8) is 0 Å². The van der Waals surface area contributed by atoms with Gasteiger partial charge in [-0.15, -0.1) is 0 Å². The molecule has 0 radical (unpaired) electrons. The number of benzene rings is 1. The molecule has 0 aliphatic carbocycles. The second-order valence-corrected chi connectivity index (χ2v) is 8.47. The Hall–Kier alpha value is -0.560. The summed E-state index contributed by atoms with van der Waals surface area (Å²) in [5.41, 5.74) is 0.128. The fraction of sp³-hybridized carbons (Fsp3) is 0.571. The van der Waals surface area contributed by atoms with Gasteiger partial charge in [0.1, 0.15) is 11.6 Å². The average molecular weight is 338 g/mol. The molecule has 2 rings (SSSR count). The molecule has 2 unspecified atom stereocenters. The van der Waals surface area contributed by atoms with Gasteiger partial charge in [0.15, 0.2) is 0 Å². The first kappa shape index (κ1) is 16.8. The van der Waals surface area contributed by atoms with Gasteiger partial charge in [0.25, 0.3) is 0 Å². The highest BCUT2D eigenvalue weighted by Gasteiger charge is 2.35. The lowest BCUT2D eigenvalue weighted by molar-refractivity contribution is -0.0471. The van der Waals surface area contributed by atoms with Gasteiger partial charge in [0, 0.05) is 11.5 Å². The first-order valence-corrected chi connectivity index (χ1v) is 8.13. The molecule has 0 aromatic heterocycles. The van der Waals surface area contributed by atoms with Gasteiger partial charge in [-0.25, -0.2) is 17.7 Å². The van der Waals surface area contributed by atoms with Gasteiger partial charge in [0.2, 0.25) is 0 Å². The predicted molar refractivity (Wildman–Crippen MR) is 79.4 cm³/mol. The van der Waals surface area contributed by atoms with E-state index in [4.69, 9.17) is 16.3 Å². The number of rotatable bonds is 4. The Kier molecular flexibility index (Phi) is 5.03. The van der Waals surface area contributed by atoms with Crippen LogP contribution in [0, 0.1) is 17.6 Å². The summed E-state index contributed by atoms with van der Waals surface area (Å²) in [5.74, 6) is -1.36. The molecular formula is C14H18ClF2NO2S. The minimum Gasteiger partial charge on any atom is -0.381 e.